The molecule has 5 atom stereocenters. The molecule has 2 fully saturated rings. The Bertz CT molecular complexity index is 286. The van der Waals surface area contributed by atoms with Crippen LogP contribution in [0.15, 0.2) is 24.3 Å². The van der Waals surface area contributed by atoms with Crippen LogP contribution in [0.25, 0.3) is 0 Å². The molecule has 0 radical (unpaired) electrons. The van der Waals surface area contributed by atoms with E-state index < -0.39 is 0 Å². The highest BCUT2D eigenvalue weighted by atomic mass is 14.6. The first kappa shape index (κ1) is 8.76. The molecule has 0 heterocycles. The second-order valence-corrected chi connectivity index (χ2v) is 5.61. The maximum Gasteiger partial charge on any atom is -0.0202 e. The molecule has 0 aliphatic heterocycles. The van der Waals surface area contributed by atoms with E-state index in [0.29, 0.717) is 0 Å². The van der Waals surface area contributed by atoms with Gasteiger partial charge in [0.15, 0.2) is 0 Å². The normalized spacial score (nSPS) is 50.1. The molecule has 76 valence electrons. The van der Waals surface area contributed by atoms with Crippen molar-refractivity contribution in [3.8, 4) is 0 Å². The van der Waals surface area contributed by atoms with Crippen LogP contribution in [-0.4, -0.2) is 0 Å². The number of fused-ring (bicyclic) bond motifs is 5. The van der Waals surface area contributed by atoms with Crippen molar-refractivity contribution < 1.29 is 0 Å². The van der Waals surface area contributed by atoms with Crippen molar-refractivity contribution in [3.63, 3.8) is 0 Å². The summed E-state index contributed by atoms with van der Waals surface area (Å²) < 4.78 is 0. The van der Waals surface area contributed by atoms with Crippen LogP contribution >= 0.6 is 0 Å². The molecule has 0 amide bonds. The first-order chi connectivity index (χ1) is 6.79. The van der Waals surface area contributed by atoms with E-state index in [1.165, 1.54) is 25.7 Å². The molecular weight excluding hydrogens is 168 g/mol. The lowest BCUT2D eigenvalue weighted by Gasteiger charge is -2.37. The third-order valence-corrected chi connectivity index (χ3v) is 5.00. The molecule has 5 unspecified atom stereocenters. The van der Waals surface area contributed by atoms with E-state index in [1.54, 1.807) is 5.57 Å². The van der Waals surface area contributed by atoms with Crippen LogP contribution in [0, 0.1) is 29.6 Å². The summed E-state index contributed by atoms with van der Waals surface area (Å²) in [6, 6.07) is 0. The molecule has 2 saturated carbocycles. The topological polar surface area (TPSA) is 0 Å². The highest BCUT2D eigenvalue weighted by molar-refractivity contribution is 5.14. The maximum absolute atomic E-state index is 4.00. The SMILES string of the molecule is C=CC1CC2CC1C1CC=C(C)CC21. The van der Waals surface area contributed by atoms with Gasteiger partial charge in [0.05, 0.1) is 0 Å². The van der Waals surface area contributed by atoms with E-state index in [2.05, 4.69) is 25.7 Å². The standard InChI is InChI=1S/C14H20/c1-3-10-7-11-8-14(10)12-5-4-9(2)6-13(11)12/h3-4,10-14H,1,5-8H2,2H3. The lowest BCUT2D eigenvalue weighted by molar-refractivity contribution is 0.177. The summed E-state index contributed by atoms with van der Waals surface area (Å²) in [5.74, 6) is 4.94. The fourth-order valence-corrected chi connectivity index (χ4v) is 4.38. The number of allylic oxidation sites excluding steroid dienone is 3. The second kappa shape index (κ2) is 2.98. The van der Waals surface area contributed by atoms with E-state index in [4.69, 9.17) is 0 Å². The Hall–Kier alpha value is -0.520. The molecule has 2 bridgehead atoms. The fourth-order valence-electron chi connectivity index (χ4n) is 4.38. The van der Waals surface area contributed by atoms with Gasteiger partial charge in [0, 0.05) is 0 Å². The molecule has 0 aromatic rings. The van der Waals surface area contributed by atoms with Crippen LogP contribution in [0.3, 0.4) is 0 Å². The number of hydrogen-bond acceptors (Lipinski definition) is 0. The van der Waals surface area contributed by atoms with Gasteiger partial charge in [-0.15, -0.1) is 6.58 Å². The smallest absolute Gasteiger partial charge is 0.0202 e. The van der Waals surface area contributed by atoms with Crippen LogP contribution in [0.1, 0.15) is 32.6 Å². The highest BCUT2D eigenvalue weighted by Crippen LogP contribution is 2.59. The van der Waals surface area contributed by atoms with Gasteiger partial charge in [-0.05, 0) is 62.2 Å². The summed E-state index contributed by atoms with van der Waals surface area (Å²) in [4.78, 5) is 0. The Kier molecular flexibility index (Phi) is 1.87. The van der Waals surface area contributed by atoms with Crippen molar-refractivity contribution in [3.05, 3.63) is 24.3 Å². The molecular formula is C14H20. The van der Waals surface area contributed by atoms with Crippen LogP contribution in [0.2, 0.25) is 0 Å². The van der Waals surface area contributed by atoms with Gasteiger partial charge in [0.25, 0.3) is 0 Å². The molecule has 0 N–H and O–H groups in total. The molecule has 0 aromatic carbocycles. The summed E-state index contributed by atoms with van der Waals surface area (Å²) in [7, 11) is 0. The quantitative estimate of drug-likeness (QED) is 0.549. The first-order valence-corrected chi connectivity index (χ1v) is 6.07. The van der Waals surface area contributed by atoms with Gasteiger partial charge in [0.2, 0.25) is 0 Å². The molecule has 14 heavy (non-hydrogen) atoms. The van der Waals surface area contributed by atoms with Gasteiger partial charge in [0.1, 0.15) is 0 Å². The van der Waals surface area contributed by atoms with Crippen LogP contribution in [0.4, 0.5) is 0 Å². The summed E-state index contributed by atoms with van der Waals surface area (Å²) in [5, 5.41) is 0. The van der Waals surface area contributed by atoms with Crippen LogP contribution in [0.5, 0.6) is 0 Å². The minimum Gasteiger partial charge on any atom is -0.103 e. The lowest BCUT2D eigenvalue weighted by atomic mass is 9.68. The maximum atomic E-state index is 4.00. The van der Waals surface area contributed by atoms with Gasteiger partial charge in [-0.3, -0.25) is 0 Å². The van der Waals surface area contributed by atoms with E-state index in [-0.39, 0.29) is 0 Å². The predicted octanol–water partition coefficient (Wildman–Crippen LogP) is 3.80. The molecule has 3 aliphatic carbocycles. The number of hydrogen-bond donors (Lipinski definition) is 0. The minimum absolute atomic E-state index is 0.855. The molecule has 0 spiro atoms. The van der Waals surface area contributed by atoms with E-state index in [0.717, 1.165) is 29.6 Å². The predicted molar refractivity (Wildman–Crippen MR) is 59.9 cm³/mol. The Morgan fingerprint density at radius 1 is 1.29 bits per heavy atom. The van der Waals surface area contributed by atoms with Crippen molar-refractivity contribution in [1.29, 1.82) is 0 Å². The third kappa shape index (κ3) is 1.06. The van der Waals surface area contributed by atoms with Crippen molar-refractivity contribution in [1.82, 2.24) is 0 Å². The second-order valence-electron chi connectivity index (χ2n) is 5.61. The Balaban J connectivity index is 1.86. The minimum atomic E-state index is 0.855. The summed E-state index contributed by atoms with van der Waals surface area (Å²) >= 11 is 0. The molecule has 0 heteroatoms. The van der Waals surface area contributed by atoms with Gasteiger partial charge >= 0.3 is 0 Å². The summed E-state index contributed by atoms with van der Waals surface area (Å²) in [6.07, 6.45) is 10.4. The summed E-state index contributed by atoms with van der Waals surface area (Å²) in [5.41, 5.74) is 1.65. The fraction of sp³-hybridized carbons (Fsp3) is 0.714. The zero-order chi connectivity index (χ0) is 9.71. The number of rotatable bonds is 1. The zero-order valence-corrected chi connectivity index (χ0v) is 9.08. The first-order valence-electron chi connectivity index (χ1n) is 6.07. The highest BCUT2D eigenvalue weighted by Gasteiger charge is 2.51. The molecule has 3 aliphatic rings. The molecule has 0 nitrogen and oxygen atoms in total. The van der Waals surface area contributed by atoms with Crippen molar-refractivity contribution in [2.24, 2.45) is 29.6 Å². The molecule has 3 rings (SSSR count). The average molecular weight is 188 g/mol. The summed E-state index contributed by atoms with van der Waals surface area (Å²) in [6.45, 7) is 6.31. The molecule has 0 aromatic heterocycles. The van der Waals surface area contributed by atoms with Gasteiger partial charge in [-0.1, -0.05) is 17.7 Å². The van der Waals surface area contributed by atoms with E-state index >= 15 is 0 Å². The van der Waals surface area contributed by atoms with Crippen LogP contribution < -0.4 is 0 Å². The van der Waals surface area contributed by atoms with E-state index in [1.807, 2.05) is 0 Å². The Morgan fingerprint density at radius 2 is 2.14 bits per heavy atom. The Labute approximate surface area is 87.1 Å². The Morgan fingerprint density at radius 3 is 2.93 bits per heavy atom. The van der Waals surface area contributed by atoms with Gasteiger partial charge in [-0.2, -0.15) is 0 Å². The average Bonchev–Trinajstić information content (AvgIpc) is 2.74. The lowest BCUT2D eigenvalue weighted by Crippen LogP contribution is -2.29. The van der Waals surface area contributed by atoms with Crippen LogP contribution in [-0.2, 0) is 0 Å². The third-order valence-electron chi connectivity index (χ3n) is 5.00. The largest absolute Gasteiger partial charge is 0.103 e. The zero-order valence-electron chi connectivity index (χ0n) is 9.08. The van der Waals surface area contributed by atoms with E-state index in [9.17, 15) is 0 Å². The van der Waals surface area contributed by atoms with Crippen molar-refractivity contribution in [2.75, 3.05) is 0 Å². The monoisotopic (exact) mass is 188 g/mol. The van der Waals surface area contributed by atoms with Crippen molar-refractivity contribution in [2.45, 2.75) is 32.6 Å². The van der Waals surface area contributed by atoms with Crippen molar-refractivity contribution >= 4 is 0 Å². The molecule has 0 saturated heterocycles. The van der Waals surface area contributed by atoms with Gasteiger partial charge in [-0.25, -0.2) is 0 Å². The van der Waals surface area contributed by atoms with Gasteiger partial charge < -0.3 is 0 Å².